The number of aromatic nitrogens is 1. The van der Waals surface area contributed by atoms with Crippen LogP contribution in [0.2, 0.25) is 0 Å². The standard InChI is InChI=1S/C14H22N2O3/c1-2-4-12-8-13(19-16-12)9-15-14(17)7-11-5-3-6-18-10-11/h8,11H,2-7,9-10H2,1H3,(H,15,17)/t11-/m1/s1. The predicted octanol–water partition coefficient (Wildman–Crippen LogP) is 2.06. The van der Waals surface area contributed by atoms with Crippen molar-refractivity contribution in [3.05, 3.63) is 17.5 Å². The molecular weight excluding hydrogens is 244 g/mol. The van der Waals surface area contributed by atoms with Gasteiger partial charge in [-0.25, -0.2) is 0 Å². The zero-order valence-electron chi connectivity index (χ0n) is 11.5. The molecule has 1 aliphatic rings. The van der Waals surface area contributed by atoms with Gasteiger partial charge in [0.1, 0.15) is 0 Å². The van der Waals surface area contributed by atoms with Crippen LogP contribution in [0.15, 0.2) is 10.6 Å². The highest BCUT2D eigenvalue weighted by Gasteiger charge is 2.17. The number of amides is 1. The molecule has 1 amide bonds. The molecule has 1 aromatic heterocycles. The van der Waals surface area contributed by atoms with E-state index >= 15 is 0 Å². The van der Waals surface area contributed by atoms with Crippen LogP contribution in [-0.4, -0.2) is 24.3 Å². The fourth-order valence-corrected chi connectivity index (χ4v) is 2.30. The molecule has 0 aromatic carbocycles. The minimum absolute atomic E-state index is 0.0592. The first kappa shape index (κ1) is 14.1. The average molecular weight is 266 g/mol. The second-order valence-electron chi connectivity index (χ2n) is 5.10. The number of hydrogen-bond acceptors (Lipinski definition) is 4. The second-order valence-corrected chi connectivity index (χ2v) is 5.10. The van der Waals surface area contributed by atoms with Crippen LogP contribution in [0.25, 0.3) is 0 Å². The molecule has 0 saturated carbocycles. The van der Waals surface area contributed by atoms with Gasteiger partial charge in [-0.15, -0.1) is 0 Å². The van der Waals surface area contributed by atoms with Crippen LogP contribution < -0.4 is 5.32 Å². The van der Waals surface area contributed by atoms with Crippen LogP contribution in [0.1, 0.15) is 44.1 Å². The number of carbonyl (C=O) groups is 1. The molecule has 2 rings (SSSR count). The molecule has 0 radical (unpaired) electrons. The maximum absolute atomic E-state index is 11.8. The zero-order valence-corrected chi connectivity index (χ0v) is 11.5. The van der Waals surface area contributed by atoms with Crippen molar-refractivity contribution < 1.29 is 14.1 Å². The molecular formula is C14H22N2O3. The Balaban J connectivity index is 1.69. The largest absolute Gasteiger partial charge is 0.381 e. The fraction of sp³-hybridized carbons (Fsp3) is 0.714. The van der Waals surface area contributed by atoms with Crippen molar-refractivity contribution in [1.29, 1.82) is 0 Å². The summed E-state index contributed by atoms with van der Waals surface area (Å²) in [5, 5.41) is 6.83. The summed E-state index contributed by atoms with van der Waals surface area (Å²) in [7, 11) is 0. The van der Waals surface area contributed by atoms with Crippen LogP contribution in [0, 0.1) is 5.92 Å². The van der Waals surface area contributed by atoms with E-state index in [-0.39, 0.29) is 5.91 Å². The molecule has 106 valence electrons. The lowest BCUT2D eigenvalue weighted by Gasteiger charge is -2.21. The summed E-state index contributed by atoms with van der Waals surface area (Å²) in [6.45, 7) is 4.05. The molecule has 1 fully saturated rings. The van der Waals surface area contributed by atoms with Gasteiger partial charge in [-0.3, -0.25) is 4.79 Å². The molecule has 2 heterocycles. The lowest BCUT2D eigenvalue weighted by atomic mass is 9.98. The Morgan fingerprint density at radius 3 is 3.21 bits per heavy atom. The van der Waals surface area contributed by atoms with E-state index in [0.717, 1.165) is 43.7 Å². The van der Waals surface area contributed by atoms with Crippen LogP contribution in [0.5, 0.6) is 0 Å². The minimum atomic E-state index is 0.0592. The van der Waals surface area contributed by atoms with E-state index in [0.29, 0.717) is 25.5 Å². The molecule has 19 heavy (non-hydrogen) atoms. The zero-order chi connectivity index (χ0) is 13.5. The van der Waals surface area contributed by atoms with E-state index in [9.17, 15) is 4.79 Å². The Morgan fingerprint density at radius 2 is 2.47 bits per heavy atom. The Hall–Kier alpha value is -1.36. The SMILES string of the molecule is CCCc1cc(CNC(=O)C[C@H]2CCCOC2)on1. The Bertz CT molecular complexity index is 397. The first-order valence-electron chi connectivity index (χ1n) is 7.07. The lowest BCUT2D eigenvalue weighted by Crippen LogP contribution is -2.28. The van der Waals surface area contributed by atoms with Crippen molar-refractivity contribution in [3.63, 3.8) is 0 Å². The van der Waals surface area contributed by atoms with Gasteiger partial charge in [0.05, 0.1) is 12.2 Å². The van der Waals surface area contributed by atoms with Crippen LogP contribution in [0.4, 0.5) is 0 Å². The van der Waals surface area contributed by atoms with Crippen molar-refractivity contribution >= 4 is 5.91 Å². The van der Waals surface area contributed by atoms with Gasteiger partial charge in [-0.05, 0) is 25.2 Å². The van der Waals surface area contributed by atoms with Gasteiger partial charge in [-0.2, -0.15) is 0 Å². The molecule has 1 N–H and O–H groups in total. The summed E-state index contributed by atoms with van der Waals surface area (Å²) in [6.07, 6.45) is 4.63. The maximum atomic E-state index is 11.8. The molecule has 0 spiro atoms. The molecule has 0 aliphatic carbocycles. The average Bonchev–Trinajstić information content (AvgIpc) is 2.86. The van der Waals surface area contributed by atoms with Crippen molar-refractivity contribution in [2.75, 3.05) is 13.2 Å². The van der Waals surface area contributed by atoms with Crippen molar-refractivity contribution in [3.8, 4) is 0 Å². The molecule has 1 aromatic rings. The number of nitrogens with one attached hydrogen (secondary N) is 1. The van der Waals surface area contributed by atoms with E-state index in [1.54, 1.807) is 0 Å². The Kier molecular flexibility index (Phi) is 5.39. The number of hydrogen-bond donors (Lipinski definition) is 1. The minimum Gasteiger partial charge on any atom is -0.381 e. The van der Waals surface area contributed by atoms with Crippen LogP contribution in [-0.2, 0) is 22.5 Å². The lowest BCUT2D eigenvalue weighted by molar-refractivity contribution is -0.123. The highest BCUT2D eigenvalue weighted by atomic mass is 16.5. The summed E-state index contributed by atoms with van der Waals surface area (Å²) in [5.41, 5.74) is 0.951. The number of ether oxygens (including phenoxy) is 1. The number of aryl methyl sites for hydroxylation is 1. The van der Waals surface area contributed by atoms with E-state index in [4.69, 9.17) is 9.26 Å². The Morgan fingerprint density at radius 1 is 1.58 bits per heavy atom. The summed E-state index contributed by atoms with van der Waals surface area (Å²) < 4.78 is 10.5. The van der Waals surface area contributed by atoms with Crippen LogP contribution >= 0.6 is 0 Å². The summed E-state index contributed by atoms with van der Waals surface area (Å²) >= 11 is 0. The van der Waals surface area contributed by atoms with Gasteiger partial charge in [0, 0.05) is 25.7 Å². The van der Waals surface area contributed by atoms with Gasteiger partial charge < -0.3 is 14.6 Å². The second kappa shape index (κ2) is 7.28. The molecule has 1 aliphatic heterocycles. The smallest absolute Gasteiger partial charge is 0.220 e. The van der Waals surface area contributed by atoms with E-state index in [2.05, 4.69) is 17.4 Å². The predicted molar refractivity (Wildman–Crippen MR) is 70.5 cm³/mol. The van der Waals surface area contributed by atoms with E-state index < -0.39 is 0 Å². The first-order chi connectivity index (χ1) is 9.28. The molecule has 5 heteroatoms. The maximum Gasteiger partial charge on any atom is 0.220 e. The van der Waals surface area contributed by atoms with Crippen LogP contribution in [0.3, 0.4) is 0 Å². The van der Waals surface area contributed by atoms with Gasteiger partial charge >= 0.3 is 0 Å². The third-order valence-corrected chi connectivity index (χ3v) is 3.30. The van der Waals surface area contributed by atoms with Crippen molar-refractivity contribution in [1.82, 2.24) is 10.5 Å². The molecule has 1 saturated heterocycles. The highest BCUT2D eigenvalue weighted by Crippen LogP contribution is 2.16. The first-order valence-corrected chi connectivity index (χ1v) is 7.07. The van der Waals surface area contributed by atoms with E-state index in [1.165, 1.54) is 0 Å². The summed E-state index contributed by atoms with van der Waals surface area (Å²) in [5.74, 6) is 1.14. The third-order valence-electron chi connectivity index (χ3n) is 3.30. The molecule has 0 bridgehead atoms. The van der Waals surface area contributed by atoms with Gasteiger partial charge in [0.15, 0.2) is 5.76 Å². The number of nitrogens with zero attached hydrogens (tertiary/aromatic N) is 1. The molecule has 0 unspecified atom stereocenters. The number of rotatable bonds is 6. The van der Waals surface area contributed by atoms with Gasteiger partial charge in [-0.1, -0.05) is 18.5 Å². The van der Waals surface area contributed by atoms with Gasteiger partial charge in [0.2, 0.25) is 5.91 Å². The fourth-order valence-electron chi connectivity index (χ4n) is 2.30. The Labute approximate surface area is 113 Å². The normalized spacial score (nSPS) is 19.3. The highest BCUT2D eigenvalue weighted by molar-refractivity contribution is 5.76. The monoisotopic (exact) mass is 266 g/mol. The summed E-state index contributed by atoms with van der Waals surface area (Å²) in [6, 6.07) is 1.91. The van der Waals surface area contributed by atoms with E-state index in [1.807, 2.05) is 6.07 Å². The summed E-state index contributed by atoms with van der Waals surface area (Å²) in [4.78, 5) is 11.8. The third kappa shape index (κ3) is 4.67. The van der Waals surface area contributed by atoms with Crippen molar-refractivity contribution in [2.45, 2.75) is 45.6 Å². The topological polar surface area (TPSA) is 64.4 Å². The quantitative estimate of drug-likeness (QED) is 0.856. The molecule has 1 atom stereocenters. The van der Waals surface area contributed by atoms with Gasteiger partial charge in [0.25, 0.3) is 0 Å². The molecule has 5 nitrogen and oxygen atoms in total. The number of carbonyl (C=O) groups excluding carboxylic acids is 1. The van der Waals surface area contributed by atoms with Crippen molar-refractivity contribution in [2.24, 2.45) is 5.92 Å².